The quantitative estimate of drug-likeness (QED) is 0.226. The van der Waals surface area contributed by atoms with E-state index in [0.717, 1.165) is 24.2 Å². The number of aromatic carboxylic acids is 1. The molecule has 2 aromatic heterocycles. The Labute approximate surface area is 255 Å². The molecule has 0 atom stereocenters. The summed E-state index contributed by atoms with van der Waals surface area (Å²) in [5, 5.41) is 11.7. The van der Waals surface area contributed by atoms with Gasteiger partial charge >= 0.3 is 5.97 Å². The molecule has 3 heterocycles. The third kappa shape index (κ3) is 4.78. The zero-order chi connectivity index (χ0) is 27.2. The highest BCUT2D eigenvalue weighted by Gasteiger charge is 2.22. The number of pyridine rings is 1. The van der Waals surface area contributed by atoms with E-state index >= 15 is 0 Å². The summed E-state index contributed by atoms with van der Waals surface area (Å²) in [6.07, 6.45) is 6.73. The molecule has 5 nitrogen and oxygen atoms in total. The van der Waals surface area contributed by atoms with E-state index in [2.05, 4.69) is 107 Å². The molecular formula is C35H28IN3O2. The van der Waals surface area contributed by atoms with Gasteiger partial charge in [0.1, 0.15) is 12.6 Å². The van der Waals surface area contributed by atoms with Crippen molar-refractivity contribution >= 4 is 51.3 Å². The molecule has 0 unspecified atom stereocenters. The molecule has 0 bridgehead atoms. The Morgan fingerprint density at radius 3 is 2.39 bits per heavy atom. The van der Waals surface area contributed by atoms with Crippen LogP contribution in [0.2, 0.25) is 0 Å². The van der Waals surface area contributed by atoms with Crippen LogP contribution in [0.25, 0.3) is 39.6 Å². The number of carboxylic acids is 1. The first-order valence-electron chi connectivity index (χ1n) is 13.5. The van der Waals surface area contributed by atoms with Gasteiger partial charge in [-0.2, -0.15) is 0 Å². The van der Waals surface area contributed by atoms with Gasteiger partial charge < -0.3 is 38.6 Å². The molecule has 0 fully saturated rings. The van der Waals surface area contributed by atoms with E-state index in [1.54, 1.807) is 12.3 Å². The molecule has 0 aliphatic carbocycles. The molecule has 0 amide bonds. The van der Waals surface area contributed by atoms with Gasteiger partial charge in [0.05, 0.1) is 11.0 Å². The molecule has 202 valence electrons. The maximum absolute atomic E-state index is 11.2. The second-order valence-corrected chi connectivity index (χ2v) is 10.3. The molecular weight excluding hydrogens is 621 g/mol. The van der Waals surface area contributed by atoms with Crippen LogP contribution in [0, 0.1) is 0 Å². The number of aryl methyl sites for hydroxylation is 1. The summed E-state index contributed by atoms with van der Waals surface area (Å²) in [5.41, 5.74) is 9.72. The molecule has 0 saturated heterocycles. The third-order valence-electron chi connectivity index (χ3n) is 7.85. The molecule has 7 rings (SSSR count). The topological polar surface area (TPSA) is 49.4 Å². The third-order valence-corrected chi connectivity index (χ3v) is 7.85. The zero-order valence-corrected chi connectivity index (χ0v) is 24.7. The number of anilines is 2. The Morgan fingerprint density at radius 1 is 0.805 bits per heavy atom. The van der Waals surface area contributed by atoms with Crippen molar-refractivity contribution in [1.29, 1.82) is 0 Å². The van der Waals surface area contributed by atoms with Crippen molar-refractivity contribution < 1.29 is 38.4 Å². The molecule has 0 radical (unpaired) electrons. The van der Waals surface area contributed by atoms with Gasteiger partial charge in [-0.25, -0.2) is 9.36 Å². The molecule has 1 N–H and O–H groups in total. The first-order valence-corrected chi connectivity index (χ1v) is 13.5. The predicted molar refractivity (Wildman–Crippen MR) is 161 cm³/mol. The second kappa shape index (κ2) is 10.9. The molecule has 1 aliphatic heterocycles. The average Bonchev–Trinajstić information content (AvgIpc) is 3.55. The number of halogens is 1. The van der Waals surface area contributed by atoms with Gasteiger partial charge in [-0.3, -0.25) is 0 Å². The highest BCUT2D eigenvalue weighted by Crippen LogP contribution is 2.39. The lowest BCUT2D eigenvalue weighted by molar-refractivity contribution is -0.673. The van der Waals surface area contributed by atoms with Gasteiger partial charge in [-0.15, -0.1) is 0 Å². The first kappa shape index (κ1) is 26.8. The number of hydrogen-bond acceptors (Lipinski definition) is 2. The number of fused-ring (bicyclic) bond motifs is 4. The van der Waals surface area contributed by atoms with Crippen LogP contribution < -0.4 is 33.4 Å². The van der Waals surface area contributed by atoms with Gasteiger partial charge in [0.2, 0.25) is 5.69 Å². The van der Waals surface area contributed by atoms with Crippen molar-refractivity contribution in [3.8, 4) is 5.69 Å². The largest absolute Gasteiger partial charge is 1.00 e. The maximum Gasteiger partial charge on any atom is 0.341 e. The lowest BCUT2D eigenvalue weighted by Gasteiger charge is -2.20. The Morgan fingerprint density at radius 2 is 1.59 bits per heavy atom. The number of hydrogen-bond donors (Lipinski definition) is 1. The summed E-state index contributed by atoms with van der Waals surface area (Å²) < 4.78 is 4.18. The van der Waals surface area contributed by atoms with E-state index < -0.39 is 5.97 Å². The molecule has 0 saturated carbocycles. The molecule has 1 aliphatic rings. The number of carbonyl (C=O) groups is 1. The van der Waals surface area contributed by atoms with Crippen LogP contribution in [-0.4, -0.2) is 22.2 Å². The van der Waals surface area contributed by atoms with Gasteiger partial charge in [-0.05, 0) is 78.2 Å². The molecule has 0 spiro atoms. The second-order valence-electron chi connectivity index (χ2n) is 10.3. The fourth-order valence-corrected chi connectivity index (χ4v) is 5.88. The van der Waals surface area contributed by atoms with Crippen LogP contribution in [0.1, 0.15) is 27.2 Å². The lowest BCUT2D eigenvalue weighted by Crippen LogP contribution is -3.00. The van der Waals surface area contributed by atoms with Crippen molar-refractivity contribution in [3.63, 3.8) is 0 Å². The molecule has 6 heteroatoms. The lowest BCUT2D eigenvalue weighted by atomic mass is 10.1. The Bertz CT molecular complexity index is 1960. The zero-order valence-electron chi connectivity index (χ0n) is 22.5. The number of para-hydroxylation sites is 2. The molecule has 6 aromatic rings. The van der Waals surface area contributed by atoms with E-state index in [9.17, 15) is 9.90 Å². The van der Waals surface area contributed by atoms with E-state index in [1.807, 2.05) is 23.8 Å². The highest BCUT2D eigenvalue weighted by atomic mass is 127. The Kier molecular flexibility index (Phi) is 7.09. The number of aromatic nitrogens is 2. The van der Waals surface area contributed by atoms with E-state index in [4.69, 9.17) is 0 Å². The summed E-state index contributed by atoms with van der Waals surface area (Å²) >= 11 is 0. The smallest absolute Gasteiger partial charge is 0.341 e. The number of carboxylic acid groups (broad SMARTS) is 1. The number of rotatable bonds is 5. The maximum atomic E-state index is 11.2. The minimum Gasteiger partial charge on any atom is -1.00 e. The van der Waals surface area contributed by atoms with Crippen LogP contribution >= 0.6 is 0 Å². The van der Waals surface area contributed by atoms with Crippen molar-refractivity contribution in [2.24, 2.45) is 7.05 Å². The minimum atomic E-state index is -0.921. The average molecular weight is 650 g/mol. The first-order chi connectivity index (χ1) is 19.6. The Hall–Kier alpha value is -4.43. The normalized spacial score (nSPS) is 12.7. The van der Waals surface area contributed by atoms with E-state index in [1.165, 1.54) is 44.4 Å². The van der Waals surface area contributed by atoms with E-state index in [0.29, 0.717) is 0 Å². The fraction of sp³-hybridized carbons (Fsp3) is 0.0857. The van der Waals surface area contributed by atoms with Gasteiger partial charge in [0.15, 0.2) is 6.20 Å². The minimum absolute atomic E-state index is 0. The molecule has 41 heavy (non-hydrogen) atoms. The standard InChI is InChI=1S/C35H27N3O2.HI/c1-36-23-26(35(39)40)13-15-27(36)14-11-24-12-17-32-25(21-24)19-20-37(32)29-16-18-34-31(22-29)30-9-5-6-10-33(30)38(34)28-7-3-2-4-8-28;/h2-18,21-23H,19-20H2,1H3;1H. The predicted octanol–water partition coefficient (Wildman–Crippen LogP) is 4.18. The molecule has 4 aromatic carbocycles. The van der Waals surface area contributed by atoms with Gasteiger partial charge in [-0.1, -0.05) is 42.5 Å². The van der Waals surface area contributed by atoms with Crippen LogP contribution in [-0.2, 0) is 13.5 Å². The summed E-state index contributed by atoms with van der Waals surface area (Å²) in [5.74, 6) is -0.921. The van der Waals surface area contributed by atoms with E-state index in [-0.39, 0.29) is 29.5 Å². The SMILES string of the molecule is C[n+]1cc(C(=O)O)ccc1/C=C/c1ccc2c(c1)CCN2c1ccc2c(c1)c1ccccc1n2-c1ccccc1.[I-]. The van der Waals surface area contributed by atoms with Crippen molar-refractivity contribution in [3.05, 3.63) is 132 Å². The van der Waals surface area contributed by atoms with Crippen molar-refractivity contribution in [2.45, 2.75) is 6.42 Å². The fourth-order valence-electron chi connectivity index (χ4n) is 5.88. The monoisotopic (exact) mass is 649 g/mol. The highest BCUT2D eigenvalue weighted by molar-refractivity contribution is 6.10. The van der Waals surface area contributed by atoms with Crippen LogP contribution in [0.4, 0.5) is 11.4 Å². The van der Waals surface area contributed by atoms with Crippen molar-refractivity contribution in [2.75, 3.05) is 11.4 Å². The van der Waals surface area contributed by atoms with Crippen LogP contribution in [0.5, 0.6) is 0 Å². The number of nitrogens with zero attached hydrogens (tertiary/aromatic N) is 3. The van der Waals surface area contributed by atoms with Gasteiger partial charge in [0, 0.05) is 46.5 Å². The Balaban J connectivity index is 0.00000302. The summed E-state index contributed by atoms with van der Waals surface area (Å²) in [4.78, 5) is 13.6. The summed E-state index contributed by atoms with van der Waals surface area (Å²) in [7, 11) is 1.86. The number of benzene rings is 4. The van der Waals surface area contributed by atoms with Crippen LogP contribution in [0.15, 0.2) is 109 Å². The van der Waals surface area contributed by atoms with Gasteiger partial charge in [0.25, 0.3) is 0 Å². The summed E-state index contributed by atoms with van der Waals surface area (Å²) in [6, 6.07) is 36.1. The van der Waals surface area contributed by atoms with Crippen molar-refractivity contribution in [1.82, 2.24) is 4.57 Å². The summed E-state index contributed by atoms with van der Waals surface area (Å²) in [6.45, 7) is 0.941. The van der Waals surface area contributed by atoms with Crippen LogP contribution in [0.3, 0.4) is 0 Å².